The summed E-state index contributed by atoms with van der Waals surface area (Å²) >= 11 is 5.43. The van der Waals surface area contributed by atoms with Crippen molar-refractivity contribution >= 4 is 27.7 Å². The van der Waals surface area contributed by atoms with Crippen LogP contribution in [0.3, 0.4) is 0 Å². The van der Waals surface area contributed by atoms with Crippen LogP contribution in [0.25, 0.3) is 0 Å². The number of hydrogen-bond acceptors (Lipinski definition) is 3. The van der Waals surface area contributed by atoms with Crippen LogP contribution >= 0.6 is 27.7 Å². The summed E-state index contributed by atoms with van der Waals surface area (Å²) in [6.45, 7) is 4.15. The normalized spacial score (nSPS) is 10.8. The minimum absolute atomic E-state index is 0.868. The lowest BCUT2D eigenvalue weighted by molar-refractivity contribution is 0.530. The van der Waals surface area contributed by atoms with Gasteiger partial charge in [0.2, 0.25) is 0 Å². The van der Waals surface area contributed by atoms with Crippen LogP contribution < -0.4 is 5.32 Å². The van der Waals surface area contributed by atoms with E-state index in [1.54, 1.807) is 18.0 Å². The number of thioether (sulfide) groups is 1. The van der Waals surface area contributed by atoms with Gasteiger partial charge in [0.05, 0.1) is 12.0 Å². The standard InChI is InChI=1S/C15H18BrNOS/c1-2-7-17-10-12-5-6-14(9-15(12)16)19-11-13-4-3-8-18-13/h3-6,8-9,17H,2,7,10-11H2,1H3. The van der Waals surface area contributed by atoms with Gasteiger partial charge in [-0.15, -0.1) is 11.8 Å². The minimum Gasteiger partial charge on any atom is -0.468 e. The highest BCUT2D eigenvalue weighted by Crippen LogP contribution is 2.27. The quantitative estimate of drug-likeness (QED) is 0.577. The van der Waals surface area contributed by atoms with Gasteiger partial charge in [-0.05, 0) is 42.8 Å². The van der Waals surface area contributed by atoms with E-state index in [0.29, 0.717) is 0 Å². The number of halogens is 1. The Morgan fingerprint density at radius 3 is 2.89 bits per heavy atom. The molecule has 2 rings (SSSR count). The second-order valence-corrected chi connectivity index (χ2v) is 6.20. The fourth-order valence-electron chi connectivity index (χ4n) is 1.71. The molecule has 0 aliphatic carbocycles. The SMILES string of the molecule is CCCNCc1ccc(SCc2ccco2)cc1Br. The van der Waals surface area contributed by atoms with Gasteiger partial charge in [-0.2, -0.15) is 0 Å². The van der Waals surface area contributed by atoms with E-state index in [0.717, 1.165) is 31.0 Å². The van der Waals surface area contributed by atoms with Gasteiger partial charge >= 0.3 is 0 Å². The predicted octanol–water partition coefficient (Wildman–Crippen LogP) is 4.83. The van der Waals surface area contributed by atoms with Crippen molar-refractivity contribution in [3.63, 3.8) is 0 Å². The van der Waals surface area contributed by atoms with E-state index in [4.69, 9.17) is 4.42 Å². The number of benzene rings is 1. The molecule has 0 aliphatic rings. The molecule has 1 aromatic heterocycles. The van der Waals surface area contributed by atoms with Crippen molar-refractivity contribution in [3.05, 3.63) is 52.4 Å². The van der Waals surface area contributed by atoms with Crippen molar-refractivity contribution in [2.45, 2.75) is 30.5 Å². The molecule has 102 valence electrons. The van der Waals surface area contributed by atoms with E-state index in [1.165, 1.54) is 14.9 Å². The Morgan fingerprint density at radius 1 is 1.32 bits per heavy atom. The van der Waals surface area contributed by atoms with E-state index < -0.39 is 0 Å². The third kappa shape index (κ3) is 4.71. The zero-order chi connectivity index (χ0) is 13.5. The number of hydrogen-bond donors (Lipinski definition) is 1. The molecule has 1 N–H and O–H groups in total. The molecule has 2 aromatic rings. The molecule has 0 amide bonds. The summed E-state index contributed by atoms with van der Waals surface area (Å²) in [4.78, 5) is 1.25. The molecule has 0 radical (unpaired) electrons. The Morgan fingerprint density at radius 2 is 2.21 bits per heavy atom. The molecule has 19 heavy (non-hydrogen) atoms. The highest BCUT2D eigenvalue weighted by Gasteiger charge is 2.03. The third-order valence-electron chi connectivity index (χ3n) is 2.73. The third-order valence-corrected chi connectivity index (χ3v) is 4.48. The van der Waals surface area contributed by atoms with Crippen LogP contribution in [0.4, 0.5) is 0 Å². The fraction of sp³-hybridized carbons (Fsp3) is 0.333. The van der Waals surface area contributed by atoms with Crippen LogP contribution in [0.1, 0.15) is 24.7 Å². The largest absolute Gasteiger partial charge is 0.468 e. The van der Waals surface area contributed by atoms with Gasteiger partial charge in [0, 0.05) is 15.9 Å². The predicted molar refractivity (Wildman–Crippen MR) is 84.4 cm³/mol. The molecule has 2 nitrogen and oxygen atoms in total. The lowest BCUT2D eigenvalue weighted by atomic mass is 10.2. The molecule has 1 aromatic carbocycles. The lowest BCUT2D eigenvalue weighted by Crippen LogP contribution is -2.14. The molecule has 0 saturated heterocycles. The molecule has 1 heterocycles. The van der Waals surface area contributed by atoms with Gasteiger partial charge in [-0.3, -0.25) is 0 Å². The highest BCUT2D eigenvalue weighted by molar-refractivity contribution is 9.10. The van der Waals surface area contributed by atoms with Crippen molar-refractivity contribution in [1.82, 2.24) is 5.32 Å². The van der Waals surface area contributed by atoms with Gasteiger partial charge in [0.25, 0.3) is 0 Å². The first kappa shape index (κ1) is 14.7. The van der Waals surface area contributed by atoms with Gasteiger partial charge in [0.1, 0.15) is 5.76 Å². The monoisotopic (exact) mass is 339 g/mol. The molecule has 0 fully saturated rings. The van der Waals surface area contributed by atoms with Crippen LogP contribution in [0.5, 0.6) is 0 Å². The zero-order valence-corrected chi connectivity index (χ0v) is 13.4. The number of rotatable bonds is 7. The van der Waals surface area contributed by atoms with Crippen LogP contribution in [0, 0.1) is 0 Å². The Labute approximate surface area is 127 Å². The summed E-state index contributed by atoms with van der Waals surface area (Å²) in [5.41, 5.74) is 1.30. The fourth-order valence-corrected chi connectivity index (χ4v) is 3.22. The molecule has 4 heteroatoms. The van der Waals surface area contributed by atoms with Crippen molar-refractivity contribution in [1.29, 1.82) is 0 Å². The van der Waals surface area contributed by atoms with Crippen molar-refractivity contribution in [2.24, 2.45) is 0 Å². The van der Waals surface area contributed by atoms with Gasteiger partial charge in [0.15, 0.2) is 0 Å². The molecule has 0 atom stereocenters. The van der Waals surface area contributed by atoms with E-state index in [1.807, 2.05) is 12.1 Å². The Bertz CT molecular complexity index is 499. The lowest BCUT2D eigenvalue weighted by Gasteiger charge is -2.08. The first-order valence-corrected chi connectivity index (χ1v) is 8.21. The maximum atomic E-state index is 5.33. The van der Waals surface area contributed by atoms with Crippen LogP contribution in [-0.2, 0) is 12.3 Å². The minimum atomic E-state index is 0.868. The average molecular weight is 340 g/mol. The molecule has 0 unspecified atom stereocenters. The molecule has 0 bridgehead atoms. The van der Waals surface area contributed by atoms with Crippen molar-refractivity contribution < 1.29 is 4.42 Å². The van der Waals surface area contributed by atoms with Crippen LogP contribution in [0.15, 0.2) is 50.4 Å². The van der Waals surface area contributed by atoms with E-state index in [2.05, 4.69) is 46.4 Å². The van der Waals surface area contributed by atoms with E-state index in [9.17, 15) is 0 Å². The summed E-state index contributed by atoms with van der Waals surface area (Å²) < 4.78 is 6.50. The molecule has 0 aliphatic heterocycles. The summed E-state index contributed by atoms with van der Waals surface area (Å²) in [6, 6.07) is 10.5. The van der Waals surface area contributed by atoms with Crippen molar-refractivity contribution in [3.8, 4) is 0 Å². The maximum absolute atomic E-state index is 5.33. The molecular formula is C15H18BrNOS. The first-order chi connectivity index (χ1) is 9.29. The molecule has 0 saturated carbocycles. The second kappa shape index (κ2) is 7.78. The van der Waals surface area contributed by atoms with Crippen LogP contribution in [0.2, 0.25) is 0 Å². The topological polar surface area (TPSA) is 25.2 Å². The Kier molecular flexibility index (Phi) is 6.01. The summed E-state index contributed by atoms with van der Waals surface area (Å²) in [5, 5.41) is 3.41. The number of furan rings is 1. The van der Waals surface area contributed by atoms with Gasteiger partial charge < -0.3 is 9.73 Å². The second-order valence-electron chi connectivity index (χ2n) is 4.30. The van der Waals surface area contributed by atoms with Crippen molar-refractivity contribution in [2.75, 3.05) is 6.54 Å². The van der Waals surface area contributed by atoms with Gasteiger partial charge in [-0.25, -0.2) is 0 Å². The summed E-state index contributed by atoms with van der Waals surface area (Å²) in [7, 11) is 0. The molecular weight excluding hydrogens is 322 g/mol. The van der Waals surface area contributed by atoms with E-state index >= 15 is 0 Å². The molecule has 0 spiro atoms. The van der Waals surface area contributed by atoms with E-state index in [-0.39, 0.29) is 0 Å². The smallest absolute Gasteiger partial charge is 0.113 e. The van der Waals surface area contributed by atoms with Crippen LogP contribution in [-0.4, -0.2) is 6.54 Å². The summed E-state index contributed by atoms with van der Waals surface area (Å²) in [5.74, 6) is 1.88. The summed E-state index contributed by atoms with van der Waals surface area (Å²) in [6.07, 6.45) is 2.88. The average Bonchev–Trinajstić information content (AvgIpc) is 2.92. The van der Waals surface area contributed by atoms with Gasteiger partial charge in [-0.1, -0.05) is 28.9 Å². The zero-order valence-electron chi connectivity index (χ0n) is 11.0. The maximum Gasteiger partial charge on any atom is 0.113 e. The highest BCUT2D eigenvalue weighted by atomic mass is 79.9. The Balaban J connectivity index is 1.90. The Hall–Kier alpha value is -0.710. The number of nitrogens with one attached hydrogen (secondary N) is 1. The first-order valence-electron chi connectivity index (χ1n) is 6.44.